The molecule has 6 nitrogen and oxygen atoms in total. The Morgan fingerprint density at radius 2 is 1.10 bits per heavy atom. The van der Waals surface area contributed by atoms with E-state index in [1.54, 1.807) is 4.57 Å². The molecule has 9 rings (SSSR count). The SMILES string of the molecule is O=c1c2ccccc2c2c3ccccc3c3nc4ccccc4n3c2n1-c1nc(-c2ccccc2)c2ccccc2n1. The van der Waals surface area contributed by atoms with E-state index in [1.807, 2.05) is 115 Å². The molecule has 0 aliphatic rings. The van der Waals surface area contributed by atoms with Crippen molar-refractivity contribution in [3.63, 3.8) is 0 Å². The Morgan fingerprint density at radius 1 is 0.500 bits per heavy atom. The number of hydrogen-bond acceptors (Lipinski definition) is 4. The van der Waals surface area contributed by atoms with E-state index in [0.29, 0.717) is 17.0 Å². The van der Waals surface area contributed by atoms with Gasteiger partial charge in [-0.3, -0.25) is 9.20 Å². The van der Waals surface area contributed by atoms with Crippen LogP contribution in [-0.2, 0) is 0 Å². The van der Waals surface area contributed by atoms with Crippen LogP contribution in [0.1, 0.15) is 0 Å². The number of rotatable bonds is 2. The van der Waals surface area contributed by atoms with Gasteiger partial charge in [0.05, 0.1) is 22.2 Å². The molecular formula is C36H21N5O. The summed E-state index contributed by atoms with van der Waals surface area (Å²) >= 11 is 0. The van der Waals surface area contributed by atoms with Crippen molar-refractivity contribution in [1.82, 2.24) is 23.9 Å². The lowest BCUT2D eigenvalue weighted by Crippen LogP contribution is -2.23. The number of aromatic nitrogens is 5. The summed E-state index contributed by atoms with van der Waals surface area (Å²) < 4.78 is 3.78. The highest BCUT2D eigenvalue weighted by Crippen LogP contribution is 2.36. The molecule has 5 aromatic carbocycles. The van der Waals surface area contributed by atoms with E-state index in [9.17, 15) is 4.79 Å². The molecule has 0 unspecified atom stereocenters. The molecule has 0 fully saturated rings. The quantitative estimate of drug-likeness (QED) is 0.211. The molecule has 0 N–H and O–H groups in total. The van der Waals surface area contributed by atoms with Gasteiger partial charge < -0.3 is 0 Å². The van der Waals surface area contributed by atoms with Gasteiger partial charge in [-0.1, -0.05) is 103 Å². The Kier molecular flexibility index (Phi) is 4.66. The van der Waals surface area contributed by atoms with E-state index in [1.165, 1.54) is 0 Å². The van der Waals surface area contributed by atoms with Gasteiger partial charge in [0.25, 0.3) is 5.56 Å². The molecule has 0 aliphatic heterocycles. The van der Waals surface area contributed by atoms with Crippen LogP contribution in [0.3, 0.4) is 0 Å². The first-order valence-corrected chi connectivity index (χ1v) is 13.9. The van der Waals surface area contributed by atoms with Crippen LogP contribution in [0, 0.1) is 0 Å². The van der Waals surface area contributed by atoms with Crippen molar-refractivity contribution in [2.24, 2.45) is 0 Å². The van der Waals surface area contributed by atoms with Crippen molar-refractivity contribution in [3.05, 3.63) is 138 Å². The zero-order chi connectivity index (χ0) is 27.8. The zero-order valence-corrected chi connectivity index (χ0v) is 22.3. The molecule has 0 aliphatic carbocycles. The Morgan fingerprint density at radius 3 is 1.88 bits per heavy atom. The molecule has 6 heteroatoms. The van der Waals surface area contributed by atoms with Gasteiger partial charge in [-0.15, -0.1) is 0 Å². The first kappa shape index (κ1) is 22.9. The third-order valence-corrected chi connectivity index (χ3v) is 8.11. The topological polar surface area (TPSA) is 65.1 Å². The molecule has 4 heterocycles. The van der Waals surface area contributed by atoms with E-state index in [2.05, 4.69) is 16.5 Å². The lowest BCUT2D eigenvalue weighted by Gasteiger charge is -2.17. The fraction of sp³-hybridized carbons (Fsp3) is 0. The number of hydrogen-bond donors (Lipinski definition) is 0. The number of benzene rings is 5. The average molecular weight is 540 g/mol. The second-order valence-electron chi connectivity index (χ2n) is 10.4. The van der Waals surface area contributed by atoms with Crippen LogP contribution in [0.25, 0.3) is 77.4 Å². The Hall–Kier alpha value is -5.88. The smallest absolute Gasteiger partial charge is 0.267 e. The predicted molar refractivity (Wildman–Crippen MR) is 169 cm³/mol. The summed E-state index contributed by atoms with van der Waals surface area (Å²) in [6, 6.07) is 42.1. The molecule has 0 saturated heterocycles. The fourth-order valence-electron chi connectivity index (χ4n) is 6.30. The van der Waals surface area contributed by atoms with E-state index in [0.717, 1.165) is 60.4 Å². The van der Waals surface area contributed by atoms with Crippen molar-refractivity contribution in [2.45, 2.75) is 0 Å². The minimum absolute atomic E-state index is 0.179. The fourth-order valence-corrected chi connectivity index (χ4v) is 6.30. The molecule has 0 spiro atoms. The van der Waals surface area contributed by atoms with Crippen LogP contribution in [-0.4, -0.2) is 23.9 Å². The van der Waals surface area contributed by atoms with Crippen LogP contribution in [0.2, 0.25) is 0 Å². The van der Waals surface area contributed by atoms with Crippen molar-refractivity contribution < 1.29 is 0 Å². The lowest BCUT2D eigenvalue weighted by molar-refractivity contribution is 0.926. The highest BCUT2D eigenvalue weighted by molar-refractivity contribution is 6.22. The molecule has 196 valence electrons. The molecule has 0 saturated carbocycles. The Balaban J connectivity index is 1.58. The van der Waals surface area contributed by atoms with Crippen LogP contribution < -0.4 is 5.56 Å². The molecule has 4 aromatic heterocycles. The van der Waals surface area contributed by atoms with Crippen molar-refractivity contribution in [1.29, 1.82) is 0 Å². The standard InChI is InChI=1S/C36H21N5O/c42-35-26-17-7-5-15-24(26)31-23-14-4-6-16-25(23)33-37-29-20-10-11-21-30(29)40(33)34(31)41(35)36-38-28-19-9-8-18-27(28)32(39-36)22-12-2-1-3-13-22/h1-21H. The molecule has 0 atom stereocenters. The summed E-state index contributed by atoms with van der Waals surface area (Å²) in [7, 11) is 0. The number of pyridine rings is 2. The third-order valence-electron chi connectivity index (χ3n) is 8.11. The minimum Gasteiger partial charge on any atom is -0.277 e. The summed E-state index contributed by atoms with van der Waals surface area (Å²) in [5.41, 5.74) is 5.56. The van der Waals surface area contributed by atoms with Gasteiger partial charge in [-0.2, -0.15) is 0 Å². The van der Waals surface area contributed by atoms with Crippen LogP contribution in [0.15, 0.2) is 132 Å². The Bertz CT molecular complexity index is 2600. The molecule has 0 amide bonds. The number of imidazole rings is 1. The first-order chi connectivity index (χ1) is 20.8. The maximum Gasteiger partial charge on any atom is 0.267 e. The molecule has 0 bridgehead atoms. The highest BCUT2D eigenvalue weighted by Gasteiger charge is 2.23. The van der Waals surface area contributed by atoms with Crippen molar-refractivity contribution in [3.8, 4) is 17.2 Å². The summed E-state index contributed by atoms with van der Waals surface area (Å²) in [6.45, 7) is 0. The van der Waals surface area contributed by atoms with Gasteiger partial charge in [-0.05, 0) is 35.0 Å². The lowest BCUT2D eigenvalue weighted by atomic mass is 10.0. The van der Waals surface area contributed by atoms with Gasteiger partial charge in [0.15, 0.2) is 0 Å². The highest BCUT2D eigenvalue weighted by atomic mass is 16.1. The van der Waals surface area contributed by atoms with Crippen LogP contribution in [0.5, 0.6) is 0 Å². The largest absolute Gasteiger partial charge is 0.277 e. The summed E-state index contributed by atoms with van der Waals surface area (Å²) in [6.07, 6.45) is 0. The monoisotopic (exact) mass is 539 g/mol. The van der Waals surface area contributed by atoms with Crippen LogP contribution >= 0.6 is 0 Å². The van der Waals surface area contributed by atoms with Gasteiger partial charge in [0.1, 0.15) is 11.3 Å². The molecular weight excluding hydrogens is 518 g/mol. The maximum atomic E-state index is 14.6. The summed E-state index contributed by atoms with van der Waals surface area (Å²) in [5, 5.41) is 5.40. The first-order valence-electron chi connectivity index (χ1n) is 13.9. The zero-order valence-electron chi connectivity index (χ0n) is 22.3. The van der Waals surface area contributed by atoms with Gasteiger partial charge in [-0.25, -0.2) is 19.5 Å². The molecule has 0 radical (unpaired) electrons. The summed E-state index contributed by atoms with van der Waals surface area (Å²) in [4.78, 5) is 29.8. The van der Waals surface area contributed by atoms with E-state index in [-0.39, 0.29) is 5.56 Å². The molecule has 42 heavy (non-hydrogen) atoms. The number of fused-ring (bicyclic) bond motifs is 11. The van der Waals surface area contributed by atoms with Gasteiger partial charge in [0, 0.05) is 27.1 Å². The van der Waals surface area contributed by atoms with Crippen molar-refractivity contribution in [2.75, 3.05) is 0 Å². The molecule has 9 aromatic rings. The number of para-hydroxylation sites is 3. The van der Waals surface area contributed by atoms with E-state index in [4.69, 9.17) is 15.0 Å². The normalized spacial score (nSPS) is 11.9. The maximum absolute atomic E-state index is 14.6. The predicted octanol–water partition coefficient (Wildman–Crippen LogP) is 7.71. The van der Waals surface area contributed by atoms with Gasteiger partial charge in [0.2, 0.25) is 5.95 Å². The second kappa shape index (κ2) is 8.56. The third kappa shape index (κ3) is 3.09. The van der Waals surface area contributed by atoms with Crippen LogP contribution in [0.4, 0.5) is 0 Å². The summed E-state index contributed by atoms with van der Waals surface area (Å²) in [5.74, 6) is 0.322. The second-order valence-corrected chi connectivity index (χ2v) is 10.4. The van der Waals surface area contributed by atoms with E-state index >= 15 is 0 Å². The Labute approximate surface area is 238 Å². The van der Waals surface area contributed by atoms with E-state index < -0.39 is 0 Å². The van der Waals surface area contributed by atoms with Gasteiger partial charge >= 0.3 is 0 Å². The average Bonchev–Trinajstić information content (AvgIpc) is 3.45. The van der Waals surface area contributed by atoms with Crippen molar-refractivity contribution >= 4 is 60.2 Å². The number of nitrogens with zero attached hydrogens (tertiary/aromatic N) is 5. The minimum atomic E-state index is -0.179.